The molecular weight excluding hydrogens is 358 g/mol. The summed E-state index contributed by atoms with van der Waals surface area (Å²) in [7, 11) is 4.62. The molecule has 0 aliphatic rings. The molecule has 146 valence electrons. The maximum Gasteiger partial charge on any atom is 0.241 e. The van der Waals surface area contributed by atoms with Crippen LogP contribution < -0.4 is 25.3 Å². The first-order chi connectivity index (χ1) is 13.4. The smallest absolute Gasteiger partial charge is 0.241 e. The number of carbonyl (C=O) groups is 1. The Hall–Kier alpha value is -3.50. The van der Waals surface area contributed by atoms with Gasteiger partial charge in [-0.15, -0.1) is 0 Å². The summed E-state index contributed by atoms with van der Waals surface area (Å²) in [5.74, 6) is 1.33. The molecule has 0 aromatic heterocycles. The topological polar surface area (TPSA) is 107 Å². The molecular formula is C21H23N3O4. The quantitative estimate of drug-likeness (QED) is 0.714. The van der Waals surface area contributed by atoms with Crippen molar-refractivity contribution < 1.29 is 19.0 Å². The van der Waals surface area contributed by atoms with Crippen molar-refractivity contribution in [2.24, 2.45) is 5.73 Å². The Bertz CT molecular complexity index is 907. The number of amides is 1. The predicted octanol–water partition coefficient (Wildman–Crippen LogP) is 2.95. The highest BCUT2D eigenvalue weighted by atomic mass is 16.5. The number of hydrogen-bond acceptors (Lipinski definition) is 6. The summed E-state index contributed by atoms with van der Waals surface area (Å²) in [4.78, 5) is 12.0. The van der Waals surface area contributed by atoms with E-state index in [0.717, 1.165) is 5.56 Å². The Balaban J connectivity index is 2.57. The average Bonchev–Trinajstić information content (AvgIpc) is 2.71. The summed E-state index contributed by atoms with van der Waals surface area (Å²) < 4.78 is 16.0. The molecule has 0 bridgehead atoms. The average molecular weight is 381 g/mol. The molecule has 1 amide bonds. The fraction of sp³-hybridized carbons (Fsp3) is 0.238. The van der Waals surface area contributed by atoms with Crippen LogP contribution in [-0.2, 0) is 4.79 Å². The number of allylic oxidation sites excluding steroid dienone is 1. The van der Waals surface area contributed by atoms with E-state index in [9.17, 15) is 10.1 Å². The minimum atomic E-state index is -0.676. The molecule has 2 aromatic rings. The van der Waals surface area contributed by atoms with Crippen LogP contribution in [0.5, 0.6) is 17.2 Å². The number of rotatable bonds is 7. The van der Waals surface area contributed by atoms with Crippen molar-refractivity contribution in [1.29, 1.82) is 5.26 Å². The number of nitriles is 1. The molecule has 0 saturated heterocycles. The standard InChI is InChI=1S/C21H23N3O4/c1-13(23)21(25)24-19-11-14(5-6-20(19)28-4)18(7-8-22)15-9-16(26-2)12-17(10-15)27-3/h5-7,9-13H,23H2,1-4H3,(H,24,25)/t13-/m1/s1. The highest BCUT2D eigenvalue weighted by molar-refractivity contribution is 5.96. The van der Waals surface area contributed by atoms with Gasteiger partial charge in [-0.1, -0.05) is 6.07 Å². The first kappa shape index (κ1) is 20.8. The summed E-state index contributed by atoms with van der Waals surface area (Å²) in [6.07, 6.45) is 1.42. The van der Waals surface area contributed by atoms with Crippen LogP contribution in [0.4, 0.5) is 5.69 Å². The second-order valence-electron chi connectivity index (χ2n) is 5.98. The fourth-order valence-electron chi connectivity index (χ4n) is 2.58. The van der Waals surface area contributed by atoms with Crippen LogP contribution in [0.15, 0.2) is 42.5 Å². The van der Waals surface area contributed by atoms with E-state index in [1.54, 1.807) is 57.5 Å². The molecule has 0 fully saturated rings. The Morgan fingerprint density at radius 2 is 1.71 bits per heavy atom. The lowest BCUT2D eigenvalue weighted by molar-refractivity contribution is -0.117. The van der Waals surface area contributed by atoms with E-state index >= 15 is 0 Å². The number of ether oxygens (including phenoxy) is 3. The third-order valence-corrected chi connectivity index (χ3v) is 4.05. The van der Waals surface area contributed by atoms with Crippen molar-refractivity contribution in [3.05, 3.63) is 53.6 Å². The highest BCUT2D eigenvalue weighted by Crippen LogP contribution is 2.34. The predicted molar refractivity (Wildman–Crippen MR) is 108 cm³/mol. The van der Waals surface area contributed by atoms with Gasteiger partial charge in [0, 0.05) is 12.1 Å². The Morgan fingerprint density at radius 1 is 1.07 bits per heavy atom. The van der Waals surface area contributed by atoms with E-state index in [2.05, 4.69) is 11.4 Å². The molecule has 7 heteroatoms. The molecule has 1 atom stereocenters. The van der Waals surface area contributed by atoms with Crippen LogP contribution >= 0.6 is 0 Å². The van der Waals surface area contributed by atoms with Gasteiger partial charge in [0.25, 0.3) is 0 Å². The van der Waals surface area contributed by atoms with Crippen molar-refractivity contribution in [3.63, 3.8) is 0 Å². The first-order valence-corrected chi connectivity index (χ1v) is 8.51. The Kier molecular flexibility index (Phi) is 7.02. The number of methoxy groups -OCH3 is 3. The number of anilines is 1. The normalized spacial score (nSPS) is 11.9. The number of hydrogen-bond donors (Lipinski definition) is 2. The van der Waals surface area contributed by atoms with Gasteiger partial charge in [-0.2, -0.15) is 5.26 Å². The van der Waals surface area contributed by atoms with Crippen molar-refractivity contribution >= 4 is 17.2 Å². The molecule has 2 rings (SSSR count). The first-order valence-electron chi connectivity index (χ1n) is 8.51. The van der Waals surface area contributed by atoms with Crippen molar-refractivity contribution in [3.8, 4) is 23.3 Å². The number of nitrogens with zero attached hydrogens (tertiary/aromatic N) is 1. The minimum Gasteiger partial charge on any atom is -0.497 e. The summed E-state index contributed by atoms with van der Waals surface area (Å²) >= 11 is 0. The molecule has 0 spiro atoms. The van der Waals surface area contributed by atoms with Gasteiger partial charge in [0.15, 0.2) is 0 Å². The third-order valence-electron chi connectivity index (χ3n) is 4.05. The highest BCUT2D eigenvalue weighted by Gasteiger charge is 2.15. The number of nitrogens with two attached hydrogens (primary N) is 1. The lowest BCUT2D eigenvalue weighted by Gasteiger charge is -2.16. The van der Waals surface area contributed by atoms with E-state index in [0.29, 0.717) is 34.1 Å². The maximum atomic E-state index is 12.0. The summed E-state index contributed by atoms with van der Waals surface area (Å²) in [5, 5.41) is 12.0. The monoisotopic (exact) mass is 381 g/mol. The molecule has 0 heterocycles. The fourth-order valence-corrected chi connectivity index (χ4v) is 2.58. The van der Waals surface area contributed by atoms with Gasteiger partial charge in [-0.3, -0.25) is 4.79 Å². The van der Waals surface area contributed by atoms with E-state index in [1.807, 2.05) is 0 Å². The molecule has 0 aliphatic carbocycles. The lowest BCUT2D eigenvalue weighted by atomic mass is 9.96. The van der Waals surface area contributed by atoms with Crippen molar-refractivity contribution in [2.45, 2.75) is 13.0 Å². The molecule has 0 radical (unpaired) electrons. The molecule has 3 N–H and O–H groups in total. The van der Waals surface area contributed by atoms with Gasteiger partial charge >= 0.3 is 0 Å². The number of carbonyl (C=O) groups excluding carboxylic acids is 1. The van der Waals surface area contributed by atoms with Crippen molar-refractivity contribution in [1.82, 2.24) is 0 Å². The summed E-state index contributed by atoms with van der Waals surface area (Å²) in [5.41, 5.74) is 8.17. The van der Waals surface area contributed by atoms with Gasteiger partial charge in [-0.25, -0.2) is 0 Å². The maximum absolute atomic E-state index is 12.0. The summed E-state index contributed by atoms with van der Waals surface area (Å²) in [6, 6.07) is 12.0. The van der Waals surface area contributed by atoms with E-state index in [4.69, 9.17) is 19.9 Å². The van der Waals surface area contributed by atoms with E-state index < -0.39 is 6.04 Å². The van der Waals surface area contributed by atoms with E-state index in [1.165, 1.54) is 13.2 Å². The lowest BCUT2D eigenvalue weighted by Crippen LogP contribution is -2.32. The zero-order valence-electron chi connectivity index (χ0n) is 16.3. The van der Waals surface area contributed by atoms with E-state index in [-0.39, 0.29) is 5.91 Å². The third kappa shape index (κ3) is 4.81. The van der Waals surface area contributed by atoms with Crippen LogP contribution in [0.25, 0.3) is 5.57 Å². The zero-order valence-corrected chi connectivity index (χ0v) is 16.3. The Morgan fingerprint density at radius 3 is 2.21 bits per heavy atom. The minimum absolute atomic E-state index is 0.343. The molecule has 0 unspecified atom stereocenters. The molecule has 7 nitrogen and oxygen atoms in total. The van der Waals surface area contributed by atoms with Crippen LogP contribution in [0, 0.1) is 11.3 Å². The van der Waals surface area contributed by atoms with Gasteiger partial charge in [0.05, 0.1) is 39.1 Å². The van der Waals surface area contributed by atoms with Gasteiger partial charge in [-0.05, 0) is 47.9 Å². The molecule has 2 aromatic carbocycles. The van der Waals surface area contributed by atoms with Gasteiger partial charge < -0.3 is 25.3 Å². The van der Waals surface area contributed by atoms with Crippen LogP contribution in [0.2, 0.25) is 0 Å². The Labute approximate surface area is 164 Å². The SMILES string of the molecule is COc1cc(OC)cc(C(=CC#N)c2ccc(OC)c(NC(=O)[C@@H](C)N)c2)c1. The molecule has 28 heavy (non-hydrogen) atoms. The van der Waals surface area contributed by atoms with Gasteiger partial charge in [0.1, 0.15) is 17.2 Å². The molecule has 0 saturated carbocycles. The second-order valence-corrected chi connectivity index (χ2v) is 5.98. The number of nitrogens with one attached hydrogen (secondary N) is 1. The summed E-state index contributed by atoms with van der Waals surface area (Å²) in [6.45, 7) is 1.59. The number of benzene rings is 2. The van der Waals surface area contributed by atoms with Crippen LogP contribution in [0.1, 0.15) is 18.1 Å². The largest absolute Gasteiger partial charge is 0.497 e. The van der Waals surface area contributed by atoms with Crippen LogP contribution in [-0.4, -0.2) is 33.3 Å². The zero-order chi connectivity index (χ0) is 20.7. The second kappa shape index (κ2) is 9.44. The molecule has 0 aliphatic heterocycles. The van der Waals surface area contributed by atoms with Gasteiger partial charge in [0.2, 0.25) is 5.91 Å². The van der Waals surface area contributed by atoms with Crippen molar-refractivity contribution in [2.75, 3.05) is 26.6 Å². The van der Waals surface area contributed by atoms with Crippen LogP contribution in [0.3, 0.4) is 0 Å².